The molecular formula is C28H16Cl2N2O. The van der Waals surface area contributed by atoms with Gasteiger partial charge in [0.05, 0.1) is 16.4 Å². The zero-order chi connectivity index (χ0) is 22.5. The number of hydrogen-bond acceptors (Lipinski definition) is 2. The van der Waals surface area contributed by atoms with Gasteiger partial charge in [-0.05, 0) is 35.4 Å². The third kappa shape index (κ3) is 3.29. The van der Waals surface area contributed by atoms with Gasteiger partial charge in [-0.1, -0.05) is 89.9 Å². The highest BCUT2D eigenvalue weighted by Gasteiger charge is 2.27. The normalized spacial score (nSPS) is 12.0. The van der Waals surface area contributed by atoms with Crippen LogP contribution in [0.15, 0.2) is 91.0 Å². The number of hydrogen-bond donors (Lipinski definition) is 1. The summed E-state index contributed by atoms with van der Waals surface area (Å²) in [6.07, 6.45) is 0. The van der Waals surface area contributed by atoms with Crippen LogP contribution in [0.5, 0.6) is 0 Å². The van der Waals surface area contributed by atoms with E-state index in [1.165, 1.54) is 0 Å². The molecule has 0 saturated carbocycles. The first-order valence-corrected chi connectivity index (χ1v) is 11.2. The van der Waals surface area contributed by atoms with Crippen LogP contribution in [-0.4, -0.2) is 15.8 Å². The molecule has 4 aromatic carbocycles. The SMILES string of the molecule is O=C1c2ccccc2-c2ccc(-c3nc(-c4ccc(Cl)cc4Cl)[nH]c3-c3ccccc3)cc21. The monoisotopic (exact) mass is 466 g/mol. The lowest BCUT2D eigenvalue weighted by molar-refractivity contribution is 0.104. The molecule has 1 N–H and O–H groups in total. The molecule has 3 nitrogen and oxygen atoms in total. The number of halogens is 2. The molecule has 0 bridgehead atoms. The van der Waals surface area contributed by atoms with Crippen molar-refractivity contribution < 1.29 is 4.79 Å². The molecule has 158 valence electrons. The van der Waals surface area contributed by atoms with E-state index >= 15 is 0 Å². The summed E-state index contributed by atoms with van der Waals surface area (Å²) in [6.45, 7) is 0. The number of nitrogens with one attached hydrogen (secondary N) is 1. The molecule has 0 saturated heterocycles. The summed E-state index contributed by atoms with van der Waals surface area (Å²) < 4.78 is 0. The average Bonchev–Trinajstić information content (AvgIpc) is 3.40. The van der Waals surface area contributed by atoms with Crippen molar-refractivity contribution in [3.63, 3.8) is 0 Å². The number of ketones is 1. The van der Waals surface area contributed by atoms with Gasteiger partial charge >= 0.3 is 0 Å². The minimum absolute atomic E-state index is 0.0419. The fraction of sp³-hybridized carbons (Fsp3) is 0. The number of carbonyl (C=O) groups is 1. The Kier molecular flexibility index (Phi) is 4.68. The molecular weight excluding hydrogens is 451 g/mol. The maximum absolute atomic E-state index is 13.1. The topological polar surface area (TPSA) is 45.8 Å². The highest BCUT2D eigenvalue weighted by atomic mass is 35.5. The molecule has 0 aliphatic heterocycles. The van der Waals surface area contributed by atoms with E-state index < -0.39 is 0 Å². The standard InChI is InChI=1S/C28H16Cl2N2O/c29-18-11-13-22(24(30)15-18)28-31-25(16-6-2-1-3-7-16)26(32-28)17-10-12-20-19-8-4-5-9-21(19)27(33)23(20)14-17/h1-15H,(H,31,32). The summed E-state index contributed by atoms with van der Waals surface area (Å²) in [4.78, 5) is 21.4. The van der Waals surface area contributed by atoms with Gasteiger partial charge < -0.3 is 4.98 Å². The lowest BCUT2D eigenvalue weighted by Crippen LogP contribution is -1.95. The van der Waals surface area contributed by atoms with Crippen LogP contribution < -0.4 is 0 Å². The molecule has 0 radical (unpaired) electrons. The average molecular weight is 467 g/mol. The Morgan fingerprint density at radius 1 is 0.636 bits per heavy atom. The Morgan fingerprint density at radius 2 is 1.33 bits per heavy atom. The van der Waals surface area contributed by atoms with Gasteiger partial charge in [0.1, 0.15) is 5.82 Å². The van der Waals surface area contributed by atoms with Crippen LogP contribution in [0, 0.1) is 0 Å². The van der Waals surface area contributed by atoms with Gasteiger partial charge in [0, 0.05) is 32.8 Å². The first-order valence-electron chi connectivity index (χ1n) is 10.5. The zero-order valence-electron chi connectivity index (χ0n) is 17.3. The quantitative estimate of drug-likeness (QED) is 0.287. The summed E-state index contributed by atoms with van der Waals surface area (Å²) in [7, 11) is 0. The molecule has 0 fully saturated rings. The van der Waals surface area contributed by atoms with Gasteiger partial charge in [-0.3, -0.25) is 4.79 Å². The minimum atomic E-state index is 0.0419. The van der Waals surface area contributed by atoms with Crippen molar-refractivity contribution in [2.75, 3.05) is 0 Å². The van der Waals surface area contributed by atoms with Crippen LogP contribution >= 0.6 is 23.2 Å². The number of fused-ring (bicyclic) bond motifs is 3. The van der Waals surface area contributed by atoms with Gasteiger partial charge in [0.2, 0.25) is 0 Å². The molecule has 1 aromatic heterocycles. The molecule has 0 unspecified atom stereocenters. The minimum Gasteiger partial charge on any atom is -0.337 e. The predicted octanol–water partition coefficient (Wildman–Crippen LogP) is 7.93. The number of benzene rings is 4. The van der Waals surface area contributed by atoms with Crippen molar-refractivity contribution in [2.45, 2.75) is 0 Å². The van der Waals surface area contributed by atoms with Crippen molar-refractivity contribution in [1.82, 2.24) is 9.97 Å². The van der Waals surface area contributed by atoms with Crippen molar-refractivity contribution in [2.24, 2.45) is 0 Å². The van der Waals surface area contributed by atoms with E-state index in [1.54, 1.807) is 12.1 Å². The van der Waals surface area contributed by atoms with Gasteiger partial charge in [-0.15, -0.1) is 0 Å². The van der Waals surface area contributed by atoms with E-state index in [0.717, 1.165) is 44.8 Å². The molecule has 1 aliphatic carbocycles. The van der Waals surface area contributed by atoms with Crippen molar-refractivity contribution >= 4 is 29.0 Å². The molecule has 0 amide bonds. The van der Waals surface area contributed by atoms with Crippen molar-refractivity contribution in [3.8, 4) is 45.0 Å². The second-order valence-electron chi connectivity index (χ2n) is 7.93. The maximum atomic E-state index is 13.1. The van der Waals surface area contributed by atoms with Crippen molar-refractivity contribution in [1.29, 1.82) is 0 Å². The molecule has 0 atom stereocenters. The summed E-state index contributed by atoms with van der Waals surface area (Å²) in [6, 6.07) is 29.0. The predicted molar refractivity (Wildman–Crippen MR) is 134 cm³/mol. The highest BCUT2D eigenvalue weighted by Crippen LogP contribution is 2.41. The second kappa shape index (κ2) is 7.73. The number of H-pyrrole nitrogens is 1. The molecule has 5 heteroatoms. The van der Waals surface area contributed by atoms with E-state index in [0.29, 0.717) is 21.4 Å². The highest BCUT2D eigenvalue weighted by molar-refractivity contribution is 6.36. The van der Waals surface area contributed by atoms with E-state index in [2.05, 4.69) is 4.98 Å². The Morgan fingerprint density at radius 3 is 2.12 bits per heavy atom. The molecule has 1 aliphatic rings. The molecule has 5 aromatic rings. The Hall–Kier alpha value is -3.66. The van der Waals surface area contributed by atoms with Crippen LogP contribution in [0.2, 0.25) is 10.0 Å². The molecule has 0 spiro atoms. The van der Waals surface area contributed by atoms with Gasteiger partial charge in [-0.25, -0.2) is 4.98 Å². The fourth-order valence-corrected chi connectivity index (χ4v) is 4.88. The Balaban J connectivity index is 1.54. The Bertz CT molecular complexity index is 1550. The summed E-state index contributed by atoms with van der Waals surface area (Å²) >= 11 is 12.6. The fourth-order valence-electron chi connectivity index (χ4n) is 4.38. The summed E-state index contributed by atoms with van der Waals surface area (Å²) in [5, 5.41) is 1.08. The summed E-state index contributed by atoms with van der Waals surface area (Å²) in [5.74, 6) is 0.681. The van der Waals surface area contributed by atoms with E-state index in [-0.39, 0.29) is 5.78 Å². The number of aromatic amines is 1. The number of imidazole rings is 1. The molecule has 6 rings (SSSR count). The number of rotatable bonds is 3. The van der Waals surface area contributed by atoms with E-state index in [4.69, 9.17) is 28.2 Å². The third-order valence-corrected chi connectivity index (χ3v) is 6.50. The number of nitrogens with zero attached hydrogens (tertiary/aromatic N) is 1. The van der Waals surface area contributed by atoms with Gasteiger partial charge in [0.15, 0.2) is 5.78 Å². The molecule has 1 heterocycles. The van der Waals surface area contributed by atoms with E-state index in [1.807, 2.05) is 78.9 Å². The number of aromatic nitrogens is 2. The van der Waals surface area contributed by atoms with Gasteiger partial charge in [0.25, 0.3) is 0 Å². The summed E-state index contributed by atoms with van der Waals surface area (Å²) in [5.41, 5.74) is 7.60. The third-order valence-electron chi connectivity index (χ3n) is 5.95. The lowest BCUT2D eigenvalue weighted by atomic mass is 9.99. The van der Waals surface area contributed by atoms with Crippen molar-refractivity contribution in [3.05, 3.63) is 112 Å². The lowest BCUT2D eigenvalue weighted by Gasteiger charge is -2.06. The Labute approximate surface area is 200 Å². The van der Waals surface area contributed by atoms with Crippen LogP contribution in [-0.2, 0) is 0 Å². The van der Waals surface area contributed by atoms with Crippen LogP contribution in [0.3, 0.4) is 0 Å². The zero-order valence-corrected chi connectivity index (χ0v) is 18.8. The largest absolute Gasteiger partial charge is 0.337 e. The van der Waals surface area contributed by atoms with Crippen LogP contribution in [0.25, 0.3) is 45.0 Å². The van der Waals surface area contributed by atoms with Crippen LogP contribution in [0.4, 0.5) is 0 Å². The maximum Gasteiger partial charge on any atom is 0.194 e. The van der Waals surface area contributed by atoms with Crippen LogP contribution in [0.1, 0.15) is 15.9 Å². The van der Waals surface area contributed by atoms with Gasteiger partial charge in [-0.2, -0.15) is 0 Å². The second-order valence-corrected chi connectivity index (χ2v) is 8.78. The first kappa shape index (κ1) is 20.0. The first-order chi connectivity index (χ1) is 16.1. The molecule has 33 heavy (non-hydrogen) atoms. The van der Waals surface area contributed by atoms with E-state index in [9.17, 15) is 4.79 Å². The smallest absolute Gasteiger partial charge is 0.194 e. The number of carbonyl (C=O) groups excluding carboxylic acids is 1.